The molecule has 1 aromatic rings. The molecule has 0 bridgehead atoms. The summed E-state index contributed by atoms with van der Waals surface area (Å²) in [6, 6.07) is -0.258. The van der Waals surface area contributed by atoms with E-state index in [-0.39, 0.29) is 6.04 Å². The second-order valence-electron chi connectivity index (χ2n) is 3.84. The molecule has 4 heteroatoms. The summed E-state index contributed by atoms with van der Waals surface area (Å²) >= 11 is 7.83. The van der Waals surface area contributed by atoms with Gasteiger partial charge in [0.15, 0.2) is 0 Å². The minimum atomic E-state index is -0.613. The van der Waals surface area contributed by atoms with E-state index >= 15 is 0 Å². The number of thiophene rings is 1. The van der Waals surface area contributed by atoms with Crippen LogP contribution in [-0.2, 0) is 12.8 Å². The molecule has 2 nitrogen and oxygen atoms in total. The summed E-state index contributed by atoms with van der Waals surface area (Å²) in [6.45, 7) is 1.80. The molecule has 1 aromatic heterocycles. The minimum absolute atomic E-state index is 0.258. The molecule has 0 amide bonds. The first-order valence-electron chi connectivity index (χ1n) is 4.85. The largest absolute Gasteiger partial charge is 0.386 e. The van der Waals surface area contributed by atoms with Crippen molar-refractivity contribution in [2.75, 3.05) is 0 Å². The van der Waals surface area contributed by atoms with Gasteiger partial charge < -0.3 is 10.8 Å². The second kappa shape index (κ2) is 3.81. The van der Waals surface area contributed by atoms with Crippen LogP contribution >= 0.6 is 22.9 Å². The van der Waals surface area contributed by atoms with Crippen LogP contribution in [0.15, 0.2) is 0 Å². The molecule has 0 fully saturated rings. The lowest BCUT2D eigenvalue weighted by Crippen LogP contribution is -2.23. The van der Waals surface area contributed by atoms with Gasteiger partial charge in [0, 0.05) is 10.9 Å². The summed E-state index contributed by atoms with van der Waals surface area (Å²) in [7, 11) is 0. The van der Waals surface area contributed by atoms with Crippen LogP contribution in [0.2, 0.25) is 5.02 Å². The SMILES string of the molecule is CC(N)C(O)c1sc2c(c1Cl)CCC2. The third-order valence-electron chi connectivity index (χ3n) is 2.65. The lowest BCUT2D eigenvalue weighted by molar-refractivity contribution is 0.157. The summed E-state index contributed by atoms with van der Waals surface area (Å²) in [4.78, 5) is 2.19. The lowest BCUT2D eigenvalue weighted by atomic mass is 10.1. The predicted molar refractivity (Wildman–Crippen MR) is 60.0 cm³/mol. The summed E-state index contributed by atoms with van der Waals surface area (Å²) in [5.41, 5.74) is 6.90. The first-order chi connectivity index (χ1) is 6.61. The van der Waals surface area contributed by atoms with E-state index < -0.39 is 6.10 Å². The zero-order chi connectivity index (χ0) is 10.3. The van der Waals surface area contributed by atoms with Crippen molar-refractivity contribution in [1.82, 2.24) is 0 Å². The molecule has 0 aromatic carbocycles. The summed E-state index contributed by atoms with van der Waals surface area (Å²) in [6.07, 6.45) is 2.73. The van der Waals surface area contributed by atoms with E-state index in [1.54, 1.807) is 18.3 Å². The van der Waals surface area contributed by atoms with E-state index in [1.165, 1.54) is 16.9 Å². The predicted octanol–water partition coefficient (Wildman–Crippen LogP) is 2.27. The summed E-state index contributed by atoms with van der Waals surface area (Å²) in [5.74, 6) is 0. The van der Waals surface area contributed by atoms with Crippen LogP contribution in [0.3, 0.4) is 0 Å². The van der Waals surface area contributed by atoms with E-state index in [4.69, 9.17) is 17.3 Å². The van der Waals surface area contributed by atoms with Gasteiger partial charge in [-0.05, 0) is 31.7 Å². The molecule has 0 aliphatic heterocycles. The van der Waals surface area contributed by atoms with Crippen molar-refractivity contribution >= 4 is 22.9 Å². The van der Waals surface area contributed by atoms with Gasteiger partial charge in [-0.1, -0.05) is 11.6 Å². The Labute approximate surface area is 92.7 Å². The number of aliphatic hydroxyl groups is 1. The highest BCUT2D eigenvalue weighted by molar-refractivity contribution is 7.13. The number of nitrogens with two attached hydrogens (primary N) is 1. The molecule has 0 saturated carbocycles. The van der Waals surface area contributed by atoms with Gasteiger partial charge in [-0.15, -0.1) is 11.3 Å². The molecule has 1 aliphatic carbocycles. The molecule has 0 spiro atoms. The van der Waals surface area contributed by atoms with Crippen LogP contribution in [0.25, 0.3) is 0 Å². The molecule has 78 valence electrons. The molecule has 2 unspecified atom stereocenters. The quantitative estimate of drug-likeness (QED) is 0.821. The van der Waals surface area contributed by atoms with Crippen LogP contribution < -0.4 is 5.73 Å². The van der Waals surface area contributed by atoms with Gasteiger partial charge in [-0.2, -0.15) is 0 Å². The first-order valence-corrected chi connectivity index (χ1v) is 6.04. The summed E-state index contributed by atoms with van der Waals surface area (Å²) < 4.78 is 0. The Balaban J connectivity index is 2.36. The van der Waals surface area contributed by atoms with Gasteiger partial charge in [0.25, 0.3) is 0 Å². The number of hydrogen-bond acceptors (Lipinski definition) is 3. The zero-order valence-corrected chi connectivity index (χ0v) is 9.66. The fourth-order valence-corrected chi connectivity index (χ4v) is 3.70. The number of aliphatic hydroxyl groups excluding tert-OH is 1. The molecule has 14 heavy (non-hydrogen) atoms. The zero-order valence-electron chi connectivity index (χ0n) is 8.09. The van der Waals surface area contributed by atoms with Crippen molar-refractivity contribution in [2.24, 2.45) is 5.73 Å². The highest BCUT2D eigenvalue weighted by Gasteiger charge is 2.25. The Morgan fingerprint density at radius 2 is 2.21 bits per heavy atom. The topological polar surface area (TPSA) is 46.2 Å². The van der Waals surface area contributed by atoms with Gasteiger partial charge in [0.1, 0.15) is 6.10 Å². The van der Waals surface area contributed by atoms with Crippen molar-refractivity contribution in [1.29, 1.82) is 0 Å². The van der Waals surface area contributed by atoms with Crippen LogP contribution in [0.5, 0.6) is 0 Å². The number of aryl methyl sites for hydroxylation is 1. The van der Waals surface area contributed by atoms with E-state index in [0.717, 1.165) is 22.7 Å². The average molecular weight is 232 g/mol. The standard InChI is InChI=1S/C10H14ClNOS/c1-5(12)9(13)10-8(11)6-3-2-4-7(6)14-10/h5,9,13H,2-4,12H2,1H3. The number of fused-ring (bicyclic) bond motifs is 1. The Kier molecular flexibility index (Phi) is 2.84. The van der Waals surface area contributed by atoms with E-state index in [2.05, 4.69) is 0 Å². The maximum atomic E-state index is 9.84. The van der Waals surface area contributed by atoms with E-state index in [0.29, 0.717) is 0 Å². The third-order valence-corrected chi connectivity index (χ3v) is 4.55. The van der Waals surface area contributed by atoms with Crippen molar-refractivity contribution < 1.29 is 5.11 Å². The molecule has 2 rings (SSSR count). The van der Waals surface area contributed by atoms with Crippen LogP contribution in [0.4, 0.5) is 0 Å². The van der Waals surface area contributed by atoms with Crippen molar-refractivity contribution in [3.8, 4) is 0 Å². The van der Waals surface area contributed by atoms with Gasteiger partial charge in [-0.25, -0.2) is 0 Å². The average Bonchev–Trinajstić information content (AvgIpc) is 2.68. The van der Waals surface area contributed by atoms with Crippen molar-refractivity contribution in [3.05, 3.63) is 20.3 Å². The molecule has 3 N–H and O–H groups in total. The maximum Gasteiger partial charge on any atom is 0.104 e. The molecular weight excluding hydrogens is 218 g/mol. The van der Waals surface area contributed by atoms with Gasteiger partial charge >= 0.3 is 0 Å². The van der Waals surface area contributed by atoms with Crippen LogP contribution in [0, 0.1) is 0 Å². The fourth-order valence-electron chi connectivity index (χ4n) is 1.82. The van der Waals surface area contributed by atoms with E-state index in [1.807, 2.05) is 0 Å². The van der Waals surface area contributed by atoms with Crippen LogP contribution in [0.1, 0.15) is 34.8 Å². The van der Waals surface area contributed by atoms with Crippen LogP contribution in [-0.4, -0.2) is 11.1 Å². The Bertz CT molecular complexity index is 348. The highest BCUT2D eigenvalue weighted by Crippen LogP contribution is 2.42. The Hall–Kier alpha value is -0.0900. The van der Waals surface area contributed by atoms with Gasteiger partial charge in [-0.3, -0.25) is 0 Å². The van der Waals surface area contributed by atoms with Crippen molar-refractivity contribution in [2.45, 2.75) is 38.3 Å². The van der Waals surface area contributed by atoms with Crippen molar-refractivity contribution in [3.63, 3.8) is 0 Å². The lowest BCUT2D eigenvalue weighted by Gasteiger charge is -2.13. The monoisotopic (exact) mass is 231 g/mol. The molecule has 1 aliphatic rings. The highest BCUT2D eigenvalue weighted by atomic mass is 35.5. The van der Waals surface area contributed by atoms with Gasteiger partial charge in [0.2, 0.25) is 0 Å². The number of rotatable bonds is 2. The van der Waals surface area contributed by atoms with Gasteiger partial charge in [0.05, 0.1) is 9.90 Å². The second-order valence-corrected chi connectivity index (χ2v) is 5.35. The normalized spacial score (nSPS) is 19.4. The molecule has 2 atom stereocenters. The molecular formula is C10H14ClNOS. The molecule has 0 radical (unpaired) electrons. The maximum absolute atomic E-state index is 9.84. The Morgan fingerprint density at radius 3 is 2.79 bits per heavy atom. The fraction of sp³-hybridized carbons (Fsp3) is 0.600. The Morgan fingerprint density at radius 1 is 1.50 bits per heavy atom. The number of halogens is 1. The molecule has 0 saturated heterocycles. The smallest absolute Gasteiger partial charge is 0.104 e. The molecule has 1 heterocycles. The summed E-state index contributed by atoms with van der Waals surface area (Å²) in [5, 5.41) is 10.6. The third kappa shape index (κ3) is 1.58. The minimum Gasteiger partial charge on any atom is -0.386 e. The number of hydrogen-bond donors (Lipinski definition) is 2. The first kappa shape index (κ1) is 10.4. The van der Waals surface area contributed by atoms with E-state index in [9.17, 15) is 5.11 Å².